The van der Waals surface area contributed by atoms with E-state index in [4.69, 9.17) is 32.5 Å². The van der Waals surface area contributed by atoms with Crippen molar-refractivity contribution >= 4 is 29.2 Å². The summed E-state index contributed by atoms with van der Waals surface area (Å²) < 4.78 is 10.8. The molecule has 24 heavy (non-hydrogen) atoms. The monoisotopic (exact) mass is 343 g/mol. The number of fused-ring (bicyclic) bond motifs is 1. The zero-order valence-corrected chi connectivity index (χ0v) is 13.3. The van der Waals surface area contributed by atoms with Gasteiger partial charge in [0.25, 0.3) is 0 Å². The number of halogens is 1. The molecule has 4 N–H and O–H groups in total. The van der Waals surface area contributed by atoms with E-state index in [1.165, 1.54) is 0 Å². The summed E-state index contributed by atoms with van der Waals surface area (Å²) in [5, 5.41) is 0.633. The lowest BCUT2D eigenvalue weighted by Gasteiger charge is -2.32. The molecule has 2 aromatic rings. The SMILES string of the molecule is NC1=NC(c2ccc3c(c2)OCO3)N(c2ccc(Cl)cc2)C(N)=N1. The Kier molecular flexibility index (Phi) is 3.42. The summed E-state index contributed by atoms with van der Waals surface area (Å²) in [6, 6.07) is 12.9. The number of anilines is 1. The number of nitrogens with zero attached hydrogens (tertiary/aromatic N) is 3. The fourth-order valence-corrected chi connectivity index (χ4v) is 2.81. The second kappa shape index (κ2) is 5.61. The first-order chi connectivity index (χ1) is 11.6. The molecule has 2 aliphatic heterocycles. The zero-order chi connectivity index (χ0) is 16.7. The predicted molar refractivity (Wildman–Crippen MR) is 92.5 cm³/mol. The van der Waals surface area contributed by atoms with Crippen LogP contribution in [0, 0.1) is 0 Å². The van der Waals surface area contributed by atoms with Gasteiger partial charge in [0.05, 0.1) is 0 Å². The first kappa shape index (κ1) is 14.6. The molecule has 2 heterocycles. The van der Waals surface area contributed by atoms with Crippen LogP contribution in [0.1, 0.15) is 11.7 Å². The molecule has 0 aromatic heterocycles. The normalized spacial score (nSPS) is 19.0. The maximum Gasteiger partial charge on any atom is 0.231 e. The van der Waals surface area contributed by atoms with Gasteiger partial charge in [0.2, 0.25) is 18.7 Å². The van der Waals surface area contributed by atoms with Crippen LogP contribution in [0.3, 0.4) is 0 Å². The number of rotatable bonds is 2. The Hall–Kier alpha value is -2.93. The first-order valence-corrected chi connectivity index (χ1v) is 7.61. The van der Waals surface area contributed by atoms with Crippen molar-refractivity contribution < 1.29 is 9.47 Å². The van der Waals surface area contributed by atoms with Crippen LogP contribution in [-0.4, -0.2) is 18.7 Å². The van der Waals surface area contributed by atoms with Gasteiger partial charge in [-0.05, 0) is 36.4 Å². The Bertz CT molecular complexity index is 850. The summed E-state index contributed by atoms with van der Waals surface area (Å²) in [6.45, 7) is 0.208. The van der Waals surface area contributed by atoms with Gasteiger partial charge >= 0.3 is 0 Å². The van der Waals surface area contributed by atoms with Crippen LogP contribution >= 0.6 is 11.6 Å². The third-order valence-electron chi connectivity index (χ3n) is 3.77. The molecule has 0 saturated carbocycles. The van der Waals surface area contributed by atoms with Gasteiger partial charge in [0, 0.05) is 16.3 Å². The largest absolute Gasteiger partial charge is 0.454 e. The standard InChI is InChI=1S/C16H14ClN5O2/c17-10-2-4-11(5-3-10)22-14(20-15(18)21-16(22)19)9-1-6-12-13(7-9)24-8-23-12/h1-7,14H,8H2,(H4,18,19,20,21). The van der Waals surface area contributed by atoms with Crippen molar-refractivity contribution in [1.29, 1.82) is 0 Å². The minimum atomic E-state index is -0.460. The lowest BCUT2D eigenvalue weighted by atomic mass is 10.1. The van der Waals surface area contributed by atoms with Crippen molar-refractivity contribution in [3.8, 4) is 11.5 Å². The second-order valence-corrected chi connectivity index (χ2v) is 5.73. The van der Waals surface area contributed by atoms with Gasteiger partial charge in [-0.25, -0.2) is 4.99 Å². The van der Waals surface area contributed by atoms with Gasteiger partial charge in [-0.3, -0.25) is 4.90 Å². The zero-order valence-electron chi connectivity index (χ0n) is 12.5. The van der Waals surface area contributed by atoms with Crippen molar-refractivity contribution in [2.75, 3.05) is 11.7 Å². The highest BCUT2D eigenvalue weighted by atomic mass is 35.5. The van der Waals surface area contributed by atoms with Gasteiger partial charge in [0.15, 0.2) is 17.7 Å². The van der Waals surface area contributed by atoms with Crippen LogP contribution in [-0.2, 0) is 0 Å². The van der Waals surface area contributed by atoms with Gasteiger partial charge in [-0.2, -0.15) is 4.99 Å². The van der Waals surface area contributed by atoms with Gasteiger partial charge in [-0.15, -0.1) is 0 Å². The fraction of sp³-hybridized carbons (Fsp3) is 0.125. The van der Waals surface area contributed by atoms with Crippen LogP contribution in [0.5, 0.6) is 11.5 Å². The molecule has 0 saturated heterocycles. The van der Waals surface area contributed by atoms with E-state index in [9.17, 15) is 0 Å². The number of aliphatic imine (C=N–C) groups is 2. The van der Waals surface area contributed by atoms with Crippen molar-refractivity contribution in [2.24, 2.45) is 21.5 Å². The summed E-state index contributed by atoms with van der Waals surface area (Å²) in [5.41, 5.74) is 13.6. The molecule has 0 radical (unpaired) electrons. The highest BCUT2D eigenvalue weighted by Gasteiger charge is 2.29. The average molecular weight is 344 g/mol. The van der Waals surface area contributed by atoms with E-state index in [2.05, 4.69) is 9.98 Å². The topological polar surface area (TPSA) is 98.5 Å². The lowest BCUT2D eigenvalue weighted by Crippen LogP contribution is -2.44. The van der Waals surface area contributed by atoms with E-state index < -0.39 is 6.17 Å². The summed E-state index contributed by atoms with van der Waals surface area (Å²) in [4.78, 5) is 10.3. The minimum absolute atomic E-state index is 0.125. The first-order valence-electron chi connectivity index (χ1n) is 7.23. The maximum absolute atomic E-state index is 6.11. The molecule has 0 spiro atoms. The number of hydrogen-bond donors (Lipinski definition) is 2. The van der Waals surface area contributed by atoms with Crippen LogP contribution in [0.15, 0.2) is 52.4 Å². The molecule has 0 amide bonds. The number of benzene rings is 2. The van der Waals surface area contributed by atoms with Crippen molar-refractivity contribution in [3.05, 3.63) is 53.1 Å². The predicted octanol–water partition coefficient (Wildman–Crippen LogP) is 2.22. The third kappa shape index (κ3) is 2.48. The van der Waals surface area contributed by atoms with Gasteiger partial charge in [-0.1, -0.05) is 17.7 Å². The Morgan fingerprint density at radius 3 is 2.58 bits per heavy atom. The molecule has 8 heteroatoms. The molecule has 4 rings (SSSR count). The van der Waals surface area contributed by atoms with E-state index in [1.807, 2.05) is 30.3 Å². The number of ether oxygens (including phenoxy) is 2. The van der Waals surface area contributed by atoms with E-state index in [0.29, 0.717) is 16.5 Å². The highest BCUT2D eigenvalue weighted by Crippen LogP contribution is 2.38. The smallest absolute Gasteiger partial charge is 0.231 e. The Morgan fingerprint density at radius 1 is 1.04 bits per heavy atom. The van der Waals surface area contributed by atoms with Gasteiger partial charge in [0.1, 0.15) is 0 Å². The lowest BCUT2D eigenvalue weighted by molar-refractivity contribution is 0.174. The van der Waals surface area contributed by atoms with Crippen molar-refractivity contribution in [2.45, 2.75) is 6.17 Å². The molecular formula is C16H14ClN5O2. The molecule has 1 unspecified atom stereocenters. The van der Waals surface area contributed by atoms with Crippen molar-refractivity contribution in [3.63, 3.8) is 0 Å². The second-order valence-electron chi connectivity index (χ2n) is 5.29. The van der Waals surface area contributed by atoms with E-state index in [-0.39, 0.29) is 18.7 Å². The van der Waals surface area contributed by atoms with E-state index >= 15 is 0 Å². The van der Waals surface area contributed by atoms with Gasteiger partial charge < -0.3 is 20.9 Å². The Balaban J connectivity index is 1.78. The van der Waals surface area contributed by atoms with E-state index in [1.54, 1.807) is 17.0 Å². The summed E-state index contributed by atoms with van der Waals surface area (Å²) in [7, 11) is 0. The van der Waals surface area contributed by atoms with Crippen LogP contribution in [0.2, 0.25) is 5.02 Å². The fourth-order valence-electron chi connectivity index (χ4n) is 2.68. The Labute approximate surface area is 143 Å². The summed E-state index contributed by atoms with van der Waals surface area (Å²) in [5.74, 6) is 1.75. The summed E-state index contributed by atoms with van der Waals surface area (Å²) >= 11 is 5.97. The average Bonchev–Trinajstić information content (AvgIpc) is 3.03. The number of hydrogen-bond acceptors (Lipinski definition) is 7. The molecule has 1 atom stereocenters. The molecular weight excluding hydrogens is 330 g/mol. The molecule has 0 fully saturated rings. The van der Waals surface area contributed by atoms with Crippen LogP contribution < -0.4 is 25.8 Å². The highest BCUT2D eigenvalue weighted by molar-refractivity contribution is 6.30. The summed E-state index contributed by atoms with van der Waals surface area (Å²) in [6.07, 6.45) is -0.460. The Morgan fingerprint density at radius 2 is 1.79 bits per heavy atom. The number of nitrogens with two attached hydrogens (primary N) is 2. The molecule has 0 bridgehead atoms. The minimum Gasteiger partial charge on any atom is -0.454 e. The van der Waals surface area contributed by atoms with Crippen LogP contribution in [0.25, 0.3) is 0 Å². The molecule has 7 nitrogen and oxygen atoms in total. The number of guanidine groups is 2. The maximum atomic E-state index is 6.11. The molecule has 2 aliphatic rings. The third-order valence-corrected chi connectivity index (χ3v) is 4.03. The molecule has 0 aliphatic carbocycles. The van der Waals surface area contributed by atoms with Crippen LogP contribution in [0.4, 0.5) is 5.69 Å². The quantitative estimate of drug-likeness (QED) is 0.871. The molecule has 2 aromatic carbocycles. The van der Waals surface area contributed by atoms with Crippen molar-refractivity contribution in [1.82, 2.24) is 0 Å². The van der Waals surface area contributed by atoms with E-state index in [0.717, 1.165) is 11.3 Å². The molecule has 122 valence electrons.